The summed E-state index contributed by atoms with van der Waals surface area (Å²) in [6, 6.07) is 12.2. The molecule has 0 aromatic heterocycles. The van der Waals surface area contributed by atoms with Gasteiger partial charge in [0.15, 0.2) is 0 Å². The van der Waals surface area contributed by atoms with E-state index in [2.05, 4.69) is 4.72 Å². The third-order valence-corrected chi connectivity index (χ3v) is 4.75. The van der Waals surface area contributed by atoms with Crippen LogP contribution in [0.1, 0.15) is 22.3 Å². The number of hydrogen-bond donors (Lipinski definition) is 1. The summed E-state index contributed by atoms with van der Waals surface area (Å²) >= 11 is 0. The van der Waals surface area contributed by atoms with E-state index in [9.17, 15) is 8.42 Å². The third kappa shape index (κ3) is 3.23. The highest BCUT2D eigenvalue weighted by Crippen LogP contribution is 2.23. The van der Waals surface area contributed by atoms with E-state index in [1.807, 2.05) is 19.1 Å². The largest absolute Gasteiger partial charge is 0.279 e. The fourth-order valence-electron chi connectivity index (χ4n) is 2.00. The normalized spacial score (nSPS) is 11.0. The summed E-state index contributed by atoms with van der Waals surface area (Å²) in [4.78, 5) is 0.254. The van der Waals surface area contributed by atoms with Crippen molar-refractivity contribution >= 4 is 15.7 Å². The summed E-state index contributed by atoms with van der Waals surface area (Å²) in [5, 5.41) is 8.92. The van der Waals surface area contributed by atoms with Gasteiger partial charge in [-0.05, 0) is 55.7 Å². The quantitative estimate of drug-likeness (QED) is 0.945. The smallest absolute Gasteiger partial charge is 0.262 e. The second-order valence-corrected chi connectivity index (χ2v) is 6.67. The summed E-state index contributed by atoms with van der Waals surface area (Å²) in [5.74, 6) is 0. The van der Waals surface area contributed by atoms with Crippen molar-refractivity contribution in [1.82, 2.24) is 0 Å². The summed E-state index contributed by atoms with van der Waals surface area (Å²) in [6.07, 6.45) is 0. The van der Waals surface area contributed by atoms with Gasteiger partial charge in [0.1, 0.15) is 0 Å². The van der Waals surface area contributed by atoms with Crippen LogP contribution in [-0.2, 0) is 10.0 Å². The zero-order chi connectivity index (χ0) is 15.6. The second-order valence-electron chi connectivity index (χ2n) is 5.02. The Morgan fingerprint density at radius 1 is 1.00 bits per heavy atom. The van der Waals surface area contributed by atoms with E-state index in [1.165, 1.54) is 6.07 Å². The highest BCUT2D eigenvalue weighted by molar-refractivity contribution is 7.92. The molecule has 0 radical (unpaired) electrons. The van der Waals surface area contributed by atoms with Crippen molar-refractivity contribution in [3.63, 3.8) is 0 Å². The van der Waals surface area contributed by atoms with E-state index in [4.69, 9.17) is 5.26 Å². The van der Waals surface area contributed by atoms with Crippen LogP contribution in [0.25, 0.3) is 0 Å². The van der Waals surface area contributed by atoms with E-state index < -0.39 is 10.0 Å². The molecule has 0 atom stereocenters. The Kier molecular flexibility index (Phi) is 4.01. The lowest BCUT2D eigenvalue weighted by Gasteiger charge is -2.13. The number of rotatable bonds is 3. The SMILES string of the molecule is Cc1ccc(C)c(S(=O)(=O)Nc2cc(C#N)ccc2C)c1. The summed E-state index contributed by atoms with van der Waals surface area (Å²) in [6.45, 7) is 5.40. The van der Waals surface area contributed by atoms with Crippen LogP contribution in [0.15, 0.2) is 41.3 Å². The summed E-state index contributed by atoms with van der Waals surface area (Å²) in [7, 11) is -3.67. The first-order valence-corrected chi connectivity index (χ1v) is 7.92. The summed E-state index contributed by atoms with van der Waals surface area (Å²) < 4.78 is 27.6. The zero-order valence-corrected chi connectivity index (χ0v) is 13.0. The number of nitriles is 1. The number of anilines is 1. The molecule has 2 aromatic carbocycles. The number of hydrogen-bond acceptors (Lipinski definition) is 3. The standard InChI is InChI=1S/C16H16N2O2S/c1-11-4-5-13(3)16(8-11)21(19,20)18-15-9-14(10-17)7-6-12(15)2/h4-9,18H,1-3H3. The van der Waals surface area contributed by atoms with Crippen molar-refractivity contribution in [2.24, 2.45) is 0 Å². The molecular formula is C16H16N2O2S. The Bertz CT molecular complexity index is 834. The van der Waals surface area contributed by atoms with Gasteiger partial charge in [0, 0.05) is 0 Å². The fourth-order valence-corrected chi connectivity index (χ4v) is 3.45. The Morgan fingerprint density at radius 2 is 1.67 bits per heavy atom. The molecule has 0 unspecified atom stereocenters. The minimum Gasteiger partial charge on any atom is -0.279 e. The molecule has 0 aliphatic carbocycles. The molecule has 21 heavy (non-hydrogen) atoms. The van der Waals surface area contributed by atoms with Crippen molar-refractivity contribution < 1.29 is 8.42 Å². The predicted molar refractivity (Wildman–Crippen MR) is 82.6 cm³/mol. The van der Waals surface area contributed by atoms with E-state index in [0.29, 0.717) is 16.8 Å². The van der Waals surface area contributed by atoms with Gasteiger partial charge in [0.25, 0.3) is 10.0 Å². The van der Waals surface area contributed by atoms with Crippen molar-refractivity contribution in [2.75, 3.05) is 4.72 Å². The van der Waals surface area contributed by atoms with Gasteiger partial charge in [0.05, 0.1) is 22.2 Å². The maximum atomic E-state index is 12.5. The molecule has 1 N–H and O–H groups in total. The van der Waals surface area contributed by atoms with E-state index >= 15 is 0 Å². The average molecular weight is 300 g/mol. The minimum absolute atomic E-state index is 0.254. The molecule has 0 amide bonds. The lowest BCUT2D eigenvalue weighted by Crippen LogP contribution is -2.15. The van der Waals surface area contributed by atoms with Gasteiger partial charge in [-0.2, -0.15) is 5.26 Å². The summed E-state index contributed by atoms with van der Waals surface area (Å²) in [5.41, 5.74) is 3.17. The zero-order valence-electron chi connectivity index (χ0n) is 12.1. The molecular weight excluding hydrogens is 284 g/mol. The molecule has 2 aromatic rings. The highest BCUT2D eigenvalue weighted by Gasteiger charge is 2.18. The van der Waals surface area contributed by atoms with Gasteiger partial charge in [-0.25, -0.2) is 8.42 Å². The van der Waals surface area contributed by atoms with Crippen LogP contribution in [0.3, 0.4) is 0 Å². The van der Waals surface area contributed by atoms with E-state index in [1.54, 1.807) is 38.1 Å². The second kappa shape index (κ2) is 5.58. The maximum Gasteiger partial charge on any atom is 0.262 e. The third-order valence-electron chi connectivity index (χ3n) is 3.24. The lowest BCUT2D eigenvalue weighted by molar-refractivity contribution is 0.600. The molecule has 108 valence electrons. The molecule has 0 fully saturated rings. The minimum atomic E-state index is -3.67. The van der Waals surface area contributed by atoms with Gasteiger partial charge in [-0.1, -0.05) is 18.2 Å². The Hall–Kier alpha value is -2.32. The number of aryl methyl sites for hydroxylation is 3. The van der Waals surface area contributed by atoms with E-state index in [0.717, 1.165) is 11.1 Å². The number of benzene rings is 2. The molecule has 2 rings (SSSR count). The first-order valence-electron chi connectivity index (χ1n) is 6.44. The number of nitrogens with one attached hydrogen (secondary N) is 1. The van der Waals surface area contributed by atoms with Crippen LogP contribution in [0.4, 0.5) is 5.69 Å². The number of nitrogens with zero attached hydrogens (tertiary/aromatic N) is 1. The van der Waals surface area contributed by atoms with Crippen LogP contribution in [0.5, 0.6) is 0 Å². The van der Waals surface area contributed by atoms with E-state index in [-0.39, 0.29) is 4.90 Å². The molecule has 0 saturated carbocycles. The van der Waals surface area contributed by atoms with Gasteiger partial charge in [-0.15, -0.1) is 0 Å². The molecule has 0 heterocycles. The fraction of sp³-hybridized carbons (Fsp3) is 0.188. The van der Waals surface area contributed by atoms with Crippen molar-refractivity contribution in [2.45, 2.75) is 25.7 Å². The first kappa shape index (κ1) is 15.1. The van der Waals surface area contributed by atoms with Crippen molar-refractivity contribution in [1.29, 1.82) is 5.26 Å². The van der Waals surface area contributed by atoms with Crippen LogP contribution in [-0.4, -0.2) is 8.42 Å². The topological polar surface area (TPSA) is 70.0 Å². The molecule has 4 nitrogen and oxygen atoms in total. The monoisotopic (exact) mass is 300 g/mol. The van der Waals surface area contributed by atoms with Gasteiger partial charge in [0.2, 0.25) is 0 Å². The molecule has 0 spiro atoms. The van der Waals surface area contributed by atoms with Crippen LogP contribution < -0.4 is 4.72 Å². The molecule has 0 bridgehead atoms. The lowest BCUT2D eigenvalue weighted by atomic mass is 10.1. The first-order chi connectivity index (χ1) is 9.83. The Labute approximate surface area is 125 Å². The van der Waals surface area contributed by atoms with Crippen molar-refractivity contribution in [3.05, 3.63) is 58.7 Å². The molecule has 0 aliphatic heterocycles. The van der Waals surface area contributed by atoms with Crippen LogP contribution in [0.2, 0.25) is 0 Å². The van der Waals surface area contributed by atoms with Crippen molar-refractivity contribution in [3.8, 4) is 6.07 Å². The van der Waals surface area contributed by atoms with Crippen LogP contribution >= 0.6 is 0 Å². The Balaban J connectivity index is 2.47. The molecule has 0 saturated heterocycles. The van der Waals surface area contributed by atoms with Crippen LogP contribution in [0, 0.1) is 32.1 Å². The Morgan fingerprint density at radius 3 is 2.33 bits per heavy atom. The average Bonchev–Trinajstić information content (AvgIpc) is 2.43. The molecule has 5 heteroatoms. The van der Waals surface area contributed by atoms with Gasteiger partial charge < -0.3 is 0 Å². The molecule has 0 aliphatic rings. The highest BCUT2D eigenvalue weighted by atomic mass is 32.2. The number of sulfonamides is 1. The van der Waals surface area contributed by atoms with Gasteiger partial charge in [-0.3, -0.25) is 4.72 Å². The maximum absolute atomic E-state index is 12.5. The van der Waals surface area contributed by atoms with Gasteiger partial charge >= 0.3 is 0 Å². The predicted octanol–water partition coefficient (Wildman–Crippen LogP) is 3.28.